The lowest BCUT2D eigenvalue weighted by atomic mass is 10.1. The Bertz CT molecular complexity index is 745. The van der Waals surface area contributed by atoms with Crippen LogP contribution < -0.4 is 5.32 Å². The van der Waals surface area contributed by atoms with E-state index in [0.29, 0.717) is 6.10 Å². The first-order valence-corrected chi connectivity index (χ1v) is 10.4. The number of benzene rings is 1. The van der Waals surface area contributed by atoms with Crippen molar-refractivity contribution in [3.05, 3.63) is 53.9 Å². The van der Waals surface area contributed by atoms with Gasteiger partial charge in [-0.25, -0.2) is 0 Å². The number of halogens is 1. The fourth-order valence-electron chi connectivity index (χ4n) is 3.56. The summed E-state index contributed by atoms with van der Waals surface area (Å²) in [5, 5.41) is 7.95. The first kappa shape index (κ1) is 24.6. The molecule has 1 aliphatic rings. The highest BCUT2D eigenvalue weighted by molar-refractivity contribution is 14.0. The van der Waals surface area contributed by atoms with E-state index in [1.165, 1.54) is 5.56 Å². The van der Waals surface area contributed by atoms with Gasteiger partial charge in [-0.15, -0.1) is 24.0 Å². The first-order chi connectivity index (χ1) is 14.3. The van der Waals surface area contributed by atoms with Crippen LogP contribution in [0.4, 0.5) is 0 Å². The molecule has 0 saturated carbocycles. The molecule has 0 bridgehead atoms. The second kappa shape index (κ2) is 13.6. The second-order valence-corrected chi connectivity index (χ2v) is 7.34. The Labute approximate surface area is 196 Å². The zero-order chi connectivity index (χ0) is 20.3. The first-order valence-electron chi connectivity index (χ1n) is 10.4. The quantitative estimate of drug-likeness (QED) is 0.235. The van der Waals surface area contributed by atoms with Crippen LogP contribution in [0.5, 0.6) is 0 Å². The molecule has 0 radical (unpaired) electrons. The molecule has 3 rings (SSSR count). The van der Waals surface area contributed by atoms with Crippen molar-refractivity contribution >= 4 is 29.9 Å². The summed E-state index contributed by atoms with van der Waals surface area (Å²) in [5.41, 5.74) is 2.40. The number of aromatic nitrogens is 2. The molecular weight excluding hydrogens is 493 g/mol. The molecule has 166 valence electrons. The minimum Gasteiger partial charge on any atom is -0.385 e. The van der Waals surface area contributed by atoms with Gasteiger partial charge in [0.2, 0.25) is 0 Å². The van der Waals surface area contributed by atoms with Gasteiger partial charge in [-0.05, 0) is 24.8 Å². The summed E-state index contributed by atoms with van der Waals surface area (Å²) >= 11 is 0. The van der Waals surface area contributed by atoms with Gasteiger partial charge in [-0.1, -0.05) is 30.3 Å². The van der Waals surface area contributed by atoms with Crippen molar-refractivity contribution in [3.8, 4) is 0 Å². The molecule has 1 aromatic heterocycles. The second-order valence-electron chi connectivity index (χ2n) is 7.34. The molecule has 0 unspecified atom stereocenters. The number of aliphatic imine (C=N–C) groups is 1. The molecule has 1 fully saturated rings. The highest BCUT2D eigenvalue weighted by Gasteiger charge is 2.21. The summed E-state index contributed by atoms with van der Waals surface area (Å²) in [6.07, 6.45) is 7.37. The zero-order valence-corrected chi connectivity index (χ0v) is 20.3. The monoisotopic (exact) mass is 527 g/mol. The molecule has 0 aliphatic carbocycles. The van der Waals surface area contributed by atoms with Crippen LogP contribution in [-0.2, 0) is 22.6 Å². The summed E-state index contributed by atoms with van der Waals surface area (Å²) in [6.45, 7) is 4.96. The summed E-state index contributed by atoms with van der Waals surface area (Å²) in [6, 6.07) is 10.4. The van der Waals surface area contributed by atoms with Gasteiger partial charge in [-0.3, -0.25) is 9.67 Å². The predicted octanol–water partition coefficient (Wildman–Crippen LogP) is 3.14. The number of ether oxygens (including phenoxy) is 2. The van der Waals surface area contributed by atoms with Crippen molar-refractivity contribution in [2.24, 2.45) is 4.99 Å². The third kappa shape index (κ3) is 7.88. The van der Waals surface area contributed by atoms with Crippen molar-refractivity contribution < 1.29 is 9.47 Å². The number of piperidine rings is 1. The molecule has 0 amide bonds. The van der Waals surface area contributed by atoms with Crippen LogP contribution >= 0.6 is 24.0 Å². The lowest BCUT2D eigenvalue weighted by Gasteiger charge is -2.34. The number of rotatable bonds is 9. The van der Waals surface area contributed by atoms with E-state index < -0.39 is 0 Å². The molecule has 7 nitrogen and oxygen atoms in total. The number of hydrogen-bond acceptors (Lipinski definition) is 4. The van der Waals surface area contributed by atoms with E-state index in [-0.39, 0.29) is 24.0 Å². The Morgan fingerprint density at radius 2 is 1.93 bits per heavy atom. The lowest BCUT2D eigenvalue weighted by molar-refractivity contribution is 0.00989. The Morgan fingerprint density at radius 3 is 2.63 bits per heavy atom. The highest BCUT2D eigenvalue weighted by atomic mass is 127. The smallest absolute Gasteiger partial charge is 0.193 e. The van der Waals surface area contributed by atoms with E-state index in [1.54, 1.807) is 7.11 Å². The Hall–Kier alpha value is -1.65. The van der Waals surface area contributed by atoms with Gasteiger partial charge in [0.1, 0.15) is 0 Å². The molecule has 1 N–H and O–H groups in total. The molecule has 0 spiro atoms. The summed E-state index contributed by atoms with van der Waals surface area (Å²) < 4.78 is 13.0. The van der Waals surface area contributed by atoms with Gasteiger partial charge in [-0.2, -0.15) is 5.10 Å². The lowest BCUT2D eigenvalue weighted by Crippen LogP contribution is -2.46. The third-order valence-corrected chi connectivity index (χ3v) is 5.12. The van der Waals surface area contributed by atoms with Crippen molar-refractivity contribution in [2.75, 3.05) is 40.5 Å². The molecular formula is C22H34IN5O2. The van der Waals surface area contributed by atoms with Gasteiger partial charge in [0, 0.05) is 58.8 Å². The van der Waals surface area contributed by atoms with E-state index in [9.17, 15) is 0 Å². The van der Waals surface area contributed by atoms with E-state index >= 15 is 0 Å². The van der Waals surface area contributed by atoms with Crippen LogP contribution in [0, 0.1) is 0 Å². The number of guanidine groups is 1. The number of methoxy groups -OCH3 is 1. The van der Waals surface area contributed by atoms with E-state index in [1.807, 2.05) is 24.0 Å². The van der Waals surface area contributed by atoms with Gasteiger partial charge >= 0.3 is 0 Å². The van der Waals surface area contributed by atoms with Crippen molar-refractivity contribution in [1.82, 2.24) is 20.0 Å². The largest absolute Gasteiger partial charge is 0.385 e. The number of likely N-dealkylation sites (tertiary alicyclic amines) is 1. The molecule has 1 aromatic carbocycles. The van der Waals surface area contributed by atoms with Crippen LogP contribution in [0.15, 0.2) is 47.7 Å². The standard InChI is InChI=1S/C22H33N5O2.HI/c1-23-22(26-11-9-21(10-12-26)29-14-6-13-28-2)24-15-20-16-25-27(18-20)17-19-7-4-3-5-8-19;/h3-5,7-8,16,18,21H,6,9-15,17H2,1-2H3,(H,23,24);1H. The van der Waals surface area contributed by atoms with Crippen LogP contribution in [0.25, 0.3) is 0 Å². The fraction of sp³-hybridized carbons (Fsp3) is 0.545. The maximum absolute atomic E-state index is 5.95. The van der Waals surface area contributed by atoms with E-state index in [2.05, 4.69) is 50.8 Å². The normalized spacial score (nSPS) is 15.1. The molecule has 30 heavy (non-hydrogen) atoms. The van der Waals surface area contributed by atoms with Crippen LogP contribution in [-0.4, -0.2) is 67.2 Å². The van der Waals surface area contributed by atoms with Crippen LogP contribution in [0.1, 0.15) is 30.4 Å². The van der Waals surface area contributed by atoms with Gasteiger partial charge in [0.25, 0.3) is 0 Å². The predicted molar refractivity (Wildman–Crippen MR) is 130 cm³/mol. The Balaban J connectivity index is 0.00000320. The number of nitrogens with zero attached hydrogens (tertiary/aromatic N) is 4. The minimum absolute atomic E-state index is 0. The van der Waals surface area contributed by atoms with Gasteiger partial charge < -0.3 is 19.7 Å². The van der Waals surface area contributed by atoms with Gasteiger partial charge in [0.05, 0.1) is 18.8 Å². The summed E-state index contributed by atoms with van der Waals surface area (Å²) in [4.78, 5) is 6.77. The average molecular weight is 527 g/mol. The Kier molecular flexibility index (Phi) is 11.2. The van der Waals surface area contributed by atoms with Crippen LogP contribution in [0.2, 0.25) is 0 Å². The molecule has 2 heterocycles. The minimum atomic E-state index is 0. The third-order valence-electron chi connectivity index (χ3n) is 5.12. The molecule has 2 aromatic rings. The molecule has 0 atom stereocenters. The number of nitrogens with one attached hydrogen (secondary N) is 1. The zero-order valence-electron chi connectivity index (χ0n) is 18.0. The van der Waals surface area contributed by atoms with Crippen molar-refractivity contribution in [3.63, 3.8) is 0 Å². The average Bonchev–Trinajstić information content (AvgIpc) is 3.20. The maximum atomic E-state index is 5.95. The number of hydrogen-bond donors (Lipinski definition) is 1. The molecule has 1 saturated heterocycles. The summed E-state index contributed by atoms with van der Waals surface area (Å²) in [7, 11) is 3.57. The topological polar surface area (TPSA) is 63.9 Å². The van der Waals surface area contributed by atoms with Crippen molar-refractivity contribution in [1.29, 1.82) is 0 Å². The molecule has 1 aliphatic heterocycles. The maximum Gasteiger partial charge on any atom is 0.193 e. The Morgan fingerprint density at radius 1 is 1.17 bits per heavy atom. The van der Waals surface area contributed by atoms with E-state index in [4.69, 9.17) is 9.47 Å². The van der Waals surface area contributed by atoms with Crippen LogP contribution in [0.3, 0.4) is 0 Å². The van der Waals surface area contributed by atoms with Gasteiger partial charge in [0.15, 0.2) is 5.96 Å². The SMILES string of the molecule is CN=C(NCc1cnn(Cc2ccccc2)c1)N1CCC(OCCCOC)CC1.I. The highest BCUT2D eigenvalue weighted by Crippen LogP contribution is 2.14. The molecule has 8 heteroatoms. The fourth-order valence-corrected chi connectivity index (χ4v) is 3.56. The van der Waals surface area contributed by atoms with E-state index in [0.717, 1.165) is 70.2 Å². The van der Waals surface area contributed by atoms with Crippen molar-refractivity contribution in [2.45, 2.75) is 38.5 Å². The summed E-state index contributed by atoms with van der Waals surface area (Å²) in [5.74, 6) is 0.943.